The molecule has 0 spiro atoms. The first-order chi connectivity index (χ1) is 6.98. The lowest BCUT2D eigenvalue weighted by Crippen LogP contribution is -2.35. The molecule has 2 rings (SSSR count). The van der Waals surface area contributed by atoms with Crippen LogP contribution in [0.2, 0.25) is 5.02 Å². The fraction of sp³-hybridized carbons (Fsp3) is 0.400. The van der Waals surface area contributed by atoms with Crippen LogP contribution in [0.3, 0.4) is 0 Å². The van der Waals surface area contributed by atoms with Crippen LogP contribution < -0.4 is 5.32 Å². The van der Waals surface area contributed by atoms with Crippen LogP contribution in [-0.2, 0) is 6.18 Å². The normalized spacial score (nSPS) is 19.9. The van der Waals surface area contributed by atoms with Crippen molar-refractivity contribution in [3.63, 3.8) is 0 Å². The van der Waals surface area contributed by atoms with Gasteiger partial charge in [-0.3, -0.25) is 0 Å². The lowest BCUT2D eigenvalue weighted by molar-refractivity contribution is -0.137. The summed E-state index contributed by atoms with van der Waals surface area (Å²) in [5, 5.41) is 2.80. The van der Waals surface area contributed by atoms with Gasteiger partial charge in [0.15, 0.2) is 0 Å². The van der Waals surface area contributed by atoms with Crippen molar-refractivity contribution in [1.82, 2.24) is 5.32 Å². The van der Waals surface area contributed by atoms with Gasteiger partial charge in [0.05, 0.1) is 10.6 Å². The molecule has 0 saturated carbocycles. The van der Waals surface area contributed by atoms with Crippen molar-refractivity contribution < 1.29 is 13.2 Å². The third-order valence-electron chi connectivity index (χ3n) is 2.52. The van der Waals surface area contributed by atoms with E-state index in [0.717, 1.165) is 19.0 Å². The van der Waals surface area contributed by atoms with Gasteiger partial charge in [-0.2, -0.15) is 13.2 Å². The van der Waals surface area contributed by atoms with Crippen LogP contribution >= 0.6 is 24.0 Å². The molecule has 1 aromatic carbocycles. The number of benzene rings is 1. The quantitative estimate of drug-likeness (QED) is 0.819. The third kappa shape index (κ3) is 2.62. The Bertz CT molecular complexity index is 375. The number of alkyl halides is 3. The van der Waals surface area contributed by atoms with E-state index >= 15 is 0 Å². The summed E-state index contributed by atoms with van der Waals surface area (Å²) in [6.45, 7) is 0.856. The van der Waals surface area contributed by atoms with Gasteiger partial charge in [-0.25, -0.2) is 0 Å². The third-order valence-corrected chi connectivity index (χ3v) is 2.85. The van der Waals surface area contributed by atoms with Gasteiger partial charge in [-0.05, 0) is 30.7 Å². The molecule has 1 aliphatic heterocycles. The molecule has 6 heteroatoms. The van der Waals surface area contributed by atoms with E-state index in [-0.39, 0.29) is 23.5 Å². The zero-order valence-electron chi connectivity index (χ0n) is 8.14. The summed E-state index contributed by atoms with van der Waals surface area (Å²) < 4.78 is 37.5. The standard InChI is InChI=1S/C10H9ClF3N.ClH/c11-8-2-1-6(9-3-4-15-9)5-7(8)10(12,13)14;/h1-2,5,9,15H,3-4H2;1H/t9-;/m0./s1. The molecule has 0 radical (unpaired) electrons. The molecule has 0 amide bonds. The number of hydrogen-bond donors (Lipinski definition) is 1. The Hall–Kier alpha value is -0.450. The zero-order valence-corrected chi connectivity index (χ0v) is 9.72. The van der Waals surface area contributed by atoms with Gasteiger partial charge >= 0.3 is 6.18 Å². The average Bonchev–Trinajstić information content (AvgIpc) is 2.03. The van der Waals surface area contributed by atoms with E-state index in [4.69, 9.17) is 11.6 Å². The summed E-state index contributed by atoms with van der Waals surface area (Å²) in [4.78, 5) is 0. The van der Waals surface area contributed by atoms with Gasteiger partial charge < -0.3 is 5.32 Å². The molecule has 0 aliphatic carbocycles. The summed E-state index contributed by atoms with van der Waals surface area (Å²) in [6.07, 6.45) is -3.50. The molecule has 0 unspecified atom stereocenters. The zero-order chi connectivity index (χ0) is 11.1. The first kappa shape index (κ1) is 13.6. The smallest absolute Gasteiger partial charge is 0.310 e. The van der Waals surface area contributed by atoms with Crippen LogP contribution in [0.5, 0.6) is 0 Å². The predicted octanol–water partition coefficient (Wildman–Crippen LogP) is 3.82. The second-order valence-electron chi connectivity index (χ2n) is 3.53. The van der Waals surface area contributed by atoms with E-state index in [1.165, 1.54) is 6.07 Å². The highest BCUT2D eigenvalue weighted by atomic mass is 35.5. The molecule has 1 aromatic rings. The number of rotatable bonds is 1. The Kier molecular flexibility index (Phi) is 4.10. The molecule has 1 atom stereocenters. The van der Waals surface area contributed by atoms with Crippen LogP contribution in [0.15, 0.2) is 18.2 Å². The highest BCUT2D eigenvalue weighted by molar-refractivity contribution is 6.31. The Balaban J connectivity index is 0.00000128. The molecule has 1 N–H and O–H groups in total. The van der Waals surface area contributed by atoms with Crippen molar-refractivity contribution in [3.05, 3.63) is 34.3 Å². The summed E-state index contributed by atoms with van der Waals surface area (Å²) in [5.41, 5.74) is -0.103. The van der Waals surface area contributed by atoms with Gasteiger partial charge in [-0.15, -0.1) is 12.4 Å². The van der Waals surface area contributed by atoms with Crippen molar-refractivity contribution >= 4 is 24.0 Å². The van der Waals surface area contributed by atoms with Crippen LogP contribution in [0.25, 0.3) is 0 Å². The minimum Gasteiger partial charge on any atom is -0.310 e. The maximum atomic E-state index is 12.5. The van der Waals surface area contributed by atoms with Crippen LogP contribution in [-0.4, -0.2) is 6.54 Å². The average molecular weight is 272 g/mol. The molecule has 90 valence electrons. The molecule has 1 fully saturated rings. The van der Waals surface area contributed by atoms with E-state index in [2.05, 4.69) is 5.32 Å². The van der Waals surface area contributed by atoms with E-state index in [9.17, 15) is 13.2 Å². The van der Waals surface area contributed by atoms with Crippen molar-refractivity contribution in [1.29, 1.82) is 0 Å². The molecule has 16 heavy (non-hydrogen) atoms. The fourth-order valence-corrected chi connectivity index (χ4v) is 1.77. The molecule has 1 saturated heterocycles. The van der Waals surface area contributed by atoms with E-state index in [1.54, 1.807) is 6.07 Å². The molecular formula is C10H10Cl2F3N. The SMILES string of the molecule is Cl.FC(F)(F)c1cc([C@@H]2CCN2)ccc1Cl. The van der Waals surface area contributed by atoms with Crippen molar-refractivity contribution in [2.45, 2.75) is 18.6 Å². The first-order valence-corrected chi connectivity index (χ1v) is 4.96. The molecule has 1 heterocycles. The Morgan fingerprint density at radius 3 is 2.38 bits per heavy atom. The second-order valence-corrected chi connectivity index (χ2v) is 3.94. The second kappa shape index (κ2) is 4.82. The van der Waals surface area contributed by atoms with Crippen molar-refractivity contribution in [2.24, 2.45) is 0 Å². The summed E-state index contributed by atoms with van der Waals surface area (Å²) >= 11 is 5.51. The monoisotopic (exact) mass is 271 g/mol. The van der Waals surface area contributed by atoms with Gasteiger partial charge in [0, 0.05) is 6.04 Å². The highest BCUT2D eigenvalue weighted by Gasteiger charge is 2.34. The van der Waals surface area contributed by atoms with E-state index in [0.29, 0.717) is 5.56 Å². The largest absolute Gasteiger partial charge is 0.417 e. The van der Waals surface area contributed by atoms with Crippen LogP contribution in [0, 0.1) is 0 Å². The highest BCUT2D eigenvalue weighted by Crippen LogP contribution is 2.37. The Labute approximate surface area is 102 Å². The van der Waals surface area contributed by atoms with Crippen molar-refractivity contribution in [3.8, 4) is 0 Å². The Morgan fingerprint density at radius 2 is 1.94 bits per heavy atom. The summed E-state index contributed by atoms with van der Waals surface area (Å²) in [7, 11) is 0. The molecular weight excluding hydrogens is 262 g/mol. The lowest BCUT2D eigenvalue weighted by Gasteiger charge is -2.28. The molecule has 1 aliphatic rings. The van der Waals surface area contributed by atoms with Gasteiger partial charge in [0.2, 0.25) is 0 Å². The first-order valence-electron chi connectivity index (χ1n) is 4.58. The molecule has 0 bridgehead atoms. The summed E-state index contributed by atoms with van der Waals surface area (Å²) in [5.74, 6) is 0. The maximum Gasteiger partial charge on any atom is 0.417 e. The fourth-order valence-electron chi connectivity index (χ4n) is 1.55. The van der Waals surface area contributed by atoms with E-state index in [1.807, 2.05) is 0 Å². The van der Waals surface area contributed by atoms with Crippen molar-refractivity contribution in [2.75, 3.05) is 6.54 Å². The minimum atomic E-state index is -4.38. The lowest BCUT2D eigenvalue weighted by atomic mass is 9.96. The number of halogens is 5. The minimum absolute atomic E-state index is 0. The summed E-state index contributed by atoms with van der Waals surface area (Å²) in [6, 6.07) is 4.11. The van der Waals surface area contributed by atoms with Gasteiger partial charge in [0.1, 0.15) is 0 Å². The molecule has 1 nitrogen and oxygen atoms in total. The predicted molar refractivity (Wildman–Crippen MR) is 59.1 cm³/mol. The van der Waals surface area contributed by atoms with Crippen LogP contribution in [0.4, 0.5) is 13.2 Å². The van der Waals surface area contributed by atoms with Gasteiger partial charge in [0.25, 0.3) is 0 Å². The van der Waals surface area contributed by atoms with E-state index < -0.39 is 11.7 Å². The molecule has 0 aromatic heterocycles. The Morgan fingerprint density at radius 1 is 1.31 bits per heavy atom. The number of hydrogen-bond acceptors (Lipinski definition) is 1. The van der Waals surface area contributed by atoms with Crippen LogP contribution in [0.1, 0.15) is 23.6 Å². The topological polar surface area (TPSA) is 12.0 Å². The number of nitrogens with one attached hydrogen (secondary N) is 1. The maximum absolute atomic E-state index is 12.5. The van der Waals surface area contributed by atoms with Gasteiger partial charge in [-0.1, -0.05) is 17.7 Å².